The first kappa shape index (κ1) is 63.4. The number of benzene rings is 8. The predicted octanol–water partition coefficient (Wildman–Crippen LogP) is 20.0. The van der Waals surface area contributed by atoms with Gasteiger partial charge >= 0.3 is 21.1 Å². The summed E-state index contributed by atoms with van der Waals surface area (Å²) in [6.07, 6.45) is 2.50. The van der Waals surface area contributed by atoms with Crippen molar-refractivity contribution >= 4 is 114 Å². The standard InChI is InChI=1S/C18H19BO3.C13H10O.C12H24B2O4.2C12H8O.2C3H8/c1-17(2)18(3,4)22-19(21-17)14-10-7-9-13-12-8-5-6-11-15(12)20-16(13)14;1-9-5-4-7-11-10-6-2-3-8-12(10)14-13(9)11;1-9(2)10(3,4)16-13(15-9)14-17-11(5,6)12(7,8)18-14;2*1-3-7-11-9(5-1)10-6-2-4-8-12(10)13-11;2*1-3-2/h5-11H,1-4H3;2-8H,1H3;1-8H3;2*1-8H;2*3H2,1-2H3. The van der Waals surface area contributed by atoms with Gasteiger partial charge in [-0.3, -0.25) is 0 Å². The van der Waals surface area contributed by atoms with E-state index in [4.69, 9.17) is 45.6 Å². The Morgan fingerprint density at radius 3 is 0.826 bits per heavy atom. The molecule has 0 amide bonds. The van der Waals surface area contributed by atoms with Crippen LogP contribution >= 0.6 is 0 Å². The lowest BCUT2D eigenvalue weighted by atomic mass is 9.49. The zero-order chi connectivity index (χ0) is 61.8. The average Bonchev–Trinajstić information content (AvgIpc) is 1.96. The lowest BCUT2D eigenvalue weighted by Gasteiger charge is -2.32. The van der Waals surface area contributed by atoms with Crippen LogP contribution in [0.15, 0.2) is 200 Å². The van der Waals surface area contributed by atoms with Gasteiger partial charge < -0.3 is 45.6 Å². The highest BCUT2D eigenvalue weighted by molar-refractivity contribution is 7.11. The second kappa shape index (κ2) is 25.7. The SMILES string of the molecule is CC1(C)OB(B2OC(C)(C)C(C)(C)O2)OC1(C)C.CC1(C)OB(c2cccc3c2oc2ccccc23)OC1(C)C.CCC.CCC.Cc1cccc2c1oc1ccccc12.c1ccc2c(c1)oc1ccccc12.c1ccc2c(c1)oc1ccccc12. The maximum Gasteiger partial charge on any atom is 0.498 e. The van der Waals surface area contributed by atoms with Gasteiger partial charge in [0.25, 0.3) is 0 Å². The molecule has 0 aliphatic carbocycles. The Morgan fingerprint density at radius 1 is 0.267 bits per heavy atom. The molecule has 0 saturated carbocycles. The summed E-state index contributed by atoms with van der Waals surface area (Å²) in [5.41, 5.74) is 7.56. The van der Waals surface area contributed by atoms with E-state index in [0.29, 0.717) is 0 Å². The van der Waals surface area contributed by atoms with E-state index < -0.39 is 21.1 Å². The van der Waals surface area contributed by atoms with Crippen molar-refractivity contribution in [1.82, 2.24) is 0 Å². The lowest BCUT2D eigenvalue weighted by Crippen LogP contribution is -2.41. The maximum absolute atomic E-state index is 6.17. The maximum atomic E-state index is 6.17. The van der Waals surface area contributed by atoms with E-state index in [1.165, 1.54) is 50.7 Å². The molecule has 10 nitrogen and oxygen atoms in total. The summed E-state index contributed by atoms with van der Waals surface area (Å²) in [5, 5.41) is 9.40. The van der Waals surface area contributed by atoms with Gasteiger partial charge in [-0.2, -0.15) is 0 Å². The highest BCUT2D eigenvalue weighted by atomic mass is 16.7. The molecule has 4 aromatic heterocycles. The molecule has 86 heavy (non-hydrogen) atoms. The molecule has 0 N–H and O–H groups in total. The van der Waals surface area contributed by atoms with Gasteiger partial charge in [0.2, 0.25) is 0 Å². The van der Waals surface area contributed by atoms with Crippen LogP contribution in [-0.2, 0) is 27.9 Å². The Hall–Kier alpha value is -7.09. The number of rotatable bonds is 2. The summed E-state index contributed by atoms with van der Waals surface area (Å²) in [5.74, 6) is 0. The molecule has 0 atom stereocenters. The van der Waals surface area contributed by atoms with Crippen LogP contribution in [0.5, 0.6) is 0 Å². The van der Waals surface area contributed by atoms with Crippen molar-refractivity contribution in [2.75, 3.05) is 0 Å². The first-order valence-corrected chi connectivity index (χ1v) is 30.4. The minimum Gasteiger partial charge on any atom is -0.456 e. The molecule has 446 valence electrons. The molecule has 0 bridgehead atoms. The van der Waals surface area contributed by atoms with E-state index in [0.717, 1.165) is 60.9 Å². The molecule has 0 spiro atoms. The molecular formula is C73H85B3O10. The highest BCUT2D eigenvalue weighted by Gasteiger charge is 2.64. The molecule has 3 saturated heterocycles. The third kappa shape index (κ3) is 13.1. The number of furan rings is 4. The summed E-state index contributed by atoms with van der Waals surface area (Å²) in [6.45, 7) is 35.0. The van der Waals surface area contributed by atoms with Gasteiger partial charge in [0.15, 0.2) is 0 Å². The van der Waals surface area contributed by atoms with Gasteiger partial charge in [-0.05, 0) is 132 Å². The summed E-state index contributed by atoms with van der Waals surface area (Å²) >= 11 is 0. The Bertz CT molecular complexity index is 3930. The fourth-order valence-corrected chi connectivity index (χ4v) is 10.2. The Labute approximate surface area is 509 Å². The van der Waals surface area contributed by atoms with Gasteiger partial charge in [0.1, 0.15) is 44.7 Å². The smallest absolute Gasteiger partial charge is 0.456 e. The number of hydrogen-bond acceptors (Lipinski definition) is 10. The minimum atomic E-state index is -0.476. The molecule has 3 aliphatic rings. The van der Waals surface area contributed by atoms with E-state index in [2.05, 4.69) is 123 Å². The molecule has 8 aromatic carbocycles. The molecule has 15 rings (SSSR count). The van der Waals surface area contributed by atoms with E-state index in [1.807, 2.05) is 177 Å². The third-order valence-corrected chi connectivity index (χ3v) is 16.9. The predicted molar refractivity (Wildman–Crippen MR) is 359 cm³/mol. The quantitative estimate of drug-likeness (QED) is 0.155. The van der Waals surface area contributed by atoms with Gasteiger partial charge in [-0.1, -0.05) is 186 Å². The number of aryl methyl sites for hydroxylation is 1. The molecular weight excluding hydrogens is 1070 g/mol. The second-order valence-corrected chi connectivity index (χ2v) is 25.3. The van der Waals surface area contributed by atoms with Crippen LogP contribution in [0.1, 0.15) is 129 Å². The van der Waals surface area contributed by atoms with E-state index in [1.54, 1.807) is 0 Å². The largest absolute Gasteiger partial charge is 0.498 e. The van der Waals surface area contributed by atoms with Crippen LogP contribution in [-0.4, -0.2) is 54.7 Å². The summed E-state index contributed by atoms with van der Waals surface area (Å²) in [4.78, 5) is 0. The van der Waals surface area contributed by atoms with Crippen molar-refractivity contribution in [1.29, 1.82) is 0 Å². The minimum absolute atomic E-state index is 0.355. The van der Waals surface area contributed by atoms with Crippen LogP contribution in [0.3, 0.4) is 0 Å². The Morgan fingerprint density at radius 2 is 0.500 bits per heavy atom. The normalized spacial score (nSPS) is 17.4. The Kier molecular flexibility index (Phi) is 19.0. The van der Waals surface area contributed by atoms with E-state index in [9.17, 15) is 0 Å². The van der Waals surface area contributed by atoms with Gasteiger partial charge in [0.05, 0.1) is 33.6 Å². The van der Waals surface area contributed by atoms with Gasteiger partial charge in [0, 0.05) is 48.6 Å². The van der Waals surface area contributed by atoms with Crippen LogP contribution < -0.4 is 5.46 Å². The molecule has 0 radical (unpaired) electrons. The molecule has 3 aliphatic heterocycles. The average molecular weight is 1150 g/mol. The Balaban J connectivity index is 0.000000127. The van der Waals surface area contributed by atoms with Crippen molar-refractivity contribution in [3.8, 4) is 0 Å². The summed E-state index contributed by atoms with van der Waals surface area (Å²) in [7, 11) is -1.36. The zero-order valence-electron chi connectivity index (χ0n) is 53.5. The highest BCUT2D eigenvalue weighted by Crippen LogP contribution is 2.44. The van der Waals surface area contributed by atoms with Crippen LogP contribution in [0, 0.1) is 6.92 Å². The fourth-order valence-electron chi connectivity index (χ4n) is 10.2. The first-order valence-electron chi connectivity index (χ1n) is 30.4. The summed E-state index contributed by atoms with van der Waals surface area (Å²) < 4.78 is 59.4. The second-order valence-electron chi connectivity index (χ2n) is 25.3. The molecule has 7 heterocycles. The number of fused-ring (bicyclic) bond motifs is 12. The third-order valence-electron chi connectivity index (χ3n) is 16.9. The zero-order valence-corrected chi connectivity index (χ0v) is 53.5. The van der Waals surface area contributed by atoms with Crippen LogP contribution in [0.2, 0.25) is 0 Å². The van der Waals surface area contributed by atoms with Crippen LogP contribution in [0.4, 0.5) is 0 Å². The van der Waals surface area contributed by atoms with E-state index in [-0.39, 0.29) is 33.6 Å². The molecule has 12 aromatic rings. The van der Waals surface area contributed by atoms with E-state index >= 15 is 0 Å². The van der Waals surface area contributed by atoms with Crippen LogP contribution in [0.25, 0.3) is 87.8 Å². The van der Waals surface area contributed by atoms with Gasteiger partial charge in [-0.15, -0.1) is 0 Å². The van der Waals surface area contributed by atoms with Crippen molar-refractivity contribution < 1.29 is 45.6 Å². The molecule has 13 heteroatoms. The monoisotopic (exact) mass is 1150 g/mol. The van der Waals surface area contributed by atoms with Crippen molar-refractivity contribution in [2.45, 2.75) is 164 Å². The van der Waals surface area contributed by atoms with Gasteiger partial charge in [-0.25, -0.2) is 0 Å². The number of para-hydroxylation sites is 8. The van der Waals surface area contributed by atoms with Crippen molar-refractivity contribution in [2.24, 2.45) is 0 Å². The fraction of sp³-hybridized carbons (Fsp3) is 0.342. The first-order chi connectivity index (χ1) is 40.9. The van der Waals surface area contributed by atoms with Crippen molar-refractivity contribution in [3.05, 3.63) is 188 Å². The molecule has 3 fully saturated rings. The van der Waals surface area contributed by atoms with Crippen molar-refractivity contribution in [3.63, 3.8) is 0 Å². The molecule has 0 unspecified atom stereocenters. The topological polar surface area (TPSA) is 108 Å². The summed E-state index contributed by atoms with van der Waals surface area (Å²) in [6, 6.07) is 61.0. The number of hydrogen-bond donors (Lipinski definition) is 0. The lowest BCUT2D eigenvalue weighted by molar-refractivity contribution is 0.00578.